The maximum Gasteiger partial charge on any atom is 0.419 e. The predicted molar refractivity (Wildman–Crippen MR) is 104 cm³/mol. The second-order valence-corrected chi connectivity index (χ2v) is 8.80. The molecule has 0 bridgehead atoms. The largest absolute Gasteiger partial charge is 0.419 e. The third-order valence-corrected chi connectivity index (χ3v) is 6.94. The molecule has 3 aromatic rings. The molecule has 2 aromatic carbocycles. The van der Waals surface area contributed by atoms with Gasteiger partial charge in [-0.15, -0.1) is 0 Å². The average Bonchev–Trinajstić information content (AvgIpc) is 2.95. The van der Waals surface area contributed by atoms with Gasteiger partial charge in [-0.05, 0) is 36.4 Å². The summed E-state index contributed by atoms with van der Waals surface area (Å²) in [6.45, 7) is 1.90. The van der Waals surface area contributed by atoms with Crippen LogP contribution >= 0.6 is 11.6 Å². The predicted octanol–water partition coefficient (Wildman–Crippen LogP) is 2.30. The monoisotopic (exact) mass is 407 g/mol. The summed E-state index contributed by atoms with van der Waals surface area (Å²) in [6.07, 6.45) is 0. The zero-order chi connectivity index (χ0) is 19.2. The van der Waals surface area contributed by atoms with Gasteiger partial charge < -0.3 is 9.32 Å². The van der Waals surface area contributed by atoms with Gasteiger partial charge >= 0.3 is 5.76 Å². The Morgan fingerprint density at radius 2 is 1.78 bits per heavy atom. The number of hydrogen-bond donors (Lipinski definition) is 0. The van der Waals surface area contributed by atoms with Gasteiger partial charge in [0.05, 0.1) is 10.4 Å². The SMILES string of the molecule is Cn1c(=O)oc2ccc(S(=O)(=O)N3CCN(c4cccc(Cl)c4)CC3)cc21. The van der Waals surface area contributed by atoms with Gasteiger partial charge in [0, 0.05) is 43.9 Å². The molecule has 27 heavy (non-hydrogen) atoms. The van der Waals surface area contributed by atoms with Crippen molar-refractivity contribution in [3.05, 3.63) is 58.0 Å². The highest BCUT2D eigenvalue weighted by Gasteiger charge is 2.29. The number of benzene rings is 2. The molecule has 0 spiro atoms. The Hall–Kier alpha value is -2.29. The molecule has 1 aliphatic rings. The van der Waals surface area contributed by atoms with E-state index >= 15 is 0 Å². The van der Waals surface area contributed by atoms with Crippen LogP contribution in [0.1, 0.15) is 0 Å². The van der Waals surface area contributed by atoms with E-state index < -0.39 is 15.8 Å². The number of hydrogen-bond acceptors (Lipinski definition) is 5. The molecule has 0 atom stereocenters. The highest BCUT2D eigenvalue weighted by molar-refractivity contribution is 7.89. The van der Waals surface area contributed by atoms with E-state index in [4.69, 9.17) is 16.0 Å². The molecular weight excluding hydrogens is 390 g/mol. The summed E-state index contributed by atoms with van der Waals surface area (Å²) in [7, 11) is -2.10. The van der Waals surface area contributed by atoms with E-state index in [1.807, 2.05) is 24.3 Å². The number of aromatic nitrogens is 1. The number of sulfonamides is 1. The van der Waals surface area contributed by atoms with Crippen molar-refractivity contribution in [3.63, 3.8) is 0 Å². The fourth-order valence-electron chi connectivity index (χ4n) is 3.28. The molecule has 0 N–H and O–H groups in total. The lowest BCUT2D eigenvalue weighted by Gasteiger charge is -2.35. The Morgan fingerprint density at radius 3 is 2.48 bits per heavy atom. The first-order chi connectivity index (χ1) is 12.9. The van der Waals surface area contributed by atoms with Crippen LogP contribution in [0.25, 0.3) is 11.1 Å². The van der Waals surface area contributed by atoms with Crippen molar-refractivity contribution in [1.29, 1.82) is 0 Å². The molecule has 0 saturated carbocycles. The first kappa shape index (κ1) is 18.1. The van der Waals surface area contributed by atoms with E-state index in [-0.39, 0.29) is 4.90 Å². The molecule has 0 amide bonds. The van der Waals surface area contributed by atoms with Crippen LogP contribution in [0.3, 0.4) is 0 Å². The molecule has 1 fully saturated rings. The number of rotatable bonds is 3. The molecule has 142 valence electrons. The number of nitrogens with zero attached hydrogens (tertiary/aromatic N) is 3. The van der Waals surface area contributed by atoms with Gasteiger partial charge in [0.25, 0.3) is 0 Å². The summed E-state index contributed by atoms with van der Waals surface area (Å²) in [5.41, 5.74) is 1.81. The minimum Gasteiger partial charge on any atom is -0.408 e. The number of fused-ring (bicyclic) bond motifs is 1. The summed E-state index contributed by atoms with van der Waals surface area (Å²) in [5, 5.41) is 0.654. The lowest BCUT2D eigenvalue weighted by molar-refractivity contribution is 0.385. The van der Waals surface area contributed by atoms with Crippen molar-refractivity contribution in [3.8, 4) is 0 Å². The molecule has 2 heterocycles. The molecule has 4 rings (SSSR count). The maximum absolute atomic E-state index is 13.0. The van der Waals surface area contributed by atoms with Crippen molar-refractivity contribution in [2.45, 2.75) is 4.90 Å². The van der Waals surface area contributed by atoms with Crippen LogP contribution in [0.5, 0.6) is 0 Å². The third-order valence-electron chi connectivity index (χ3n) is 4.81. The Bertz CT molecular complexity index is 1160. The highest BCUT2D eigenvalue weighted by atomic mass is 35.5. The number of anilines is 1. The van der Waals surface area contributed by atoms with Gasteiger partial charge in [-0.25, -0.2) is 13.2 Å². The molecule has 9 heteroatoms. The quantitative estimate of drug-likeness (QED) is 0.665. The molecule has 0 radical (unpaired) electrons. The minimum absolute atomic E-state index is 0.155. The second-order valence-electron chi connectivity index (χ2n) is 6.43. The van der Waals surface area contributed by atoms with Crippen LogP contribution in [-0.2, 0) is 17.1 Å². The minimum atomic E-state index is -3.65. The topological polar surface area (TPSA) is 75.8 Å². The molecule has 0 unspecified atom stereocenters. The average molecular weight is 408 g/mol. The smallest absolute Gasteiger partial charge is 0.408 e. The van der Waals surface area contributed by atoms with Gasteiger partial charge in [-0.1, -0.05) is 17.7 Å². The summed E-state index contributed by atoms with van der Waals surface area (Å²) in [4.78, 5) is 13.9. The molecule has 7 nitrogen and oxygen atoms in total. The van der Waals surface area contributed by atoms with Gasteiger partial charge in [0.15, 0.2) is 5.58 Å². The maximum atomic E-state index is 13.0. The van der Waals surface area contributed by atoms with E-state index in [0.717, 1.165) is 5.69 Å². The van der Waals surface area contributed by atoms with Crippen molar-refractivity contribution in [2.24, 2.45) is 7.05 Å². The van der Waals surface area contributed by atoms with E-state index in [0.29, 0.717) is 42.3 Å². The first-order valence-corrected chi connectivity index (χ1v) is 10.3. The third kappa shape index (κ3) is 3.24. The summed E-state index contributed by atoms with van der Waals surface area (Å²) in [6, 6.07) is 12.0. The normalized spacial score (nSPS) is 16.1. The Kier molecular flexibility index (Phi) is 4.49. The molecule has 1 saturated heterocycles. The lowest BCUT2D eigenvalue weighted by atomic mass is 10.2. The van der Waals surface area contributed by atoms with Crippen LogP contribution in [0.15, 0.2) is 56.6 Å². The van der Waals surface area contributed by atoms with Crippen LogP contribution < -0.4 is 10.7 Å². The molecule has 1 aliphatic heterocycles. The van der Waals surface area contributed by atoms with Gasteiger partial charge in [-0.2, -0.15) is 4.31 Å². The fourth-order valence-corrected chi connectivity index (χ4v) is 4.90. The zero-order valence-electron chi connectivity index (χ0n) is 14.6. The number of halogens is 1. The second kappa shape index (κ2) is 6.70. The Balaban J connectivity index is 1.57. The van der Waals surface area contributed by atoms with Gasteiger partial charge in [0.1, 0.15) is 0 Å². The van der Waals surface area contributed by atoms with E-state index in [2.05, 4.69) is 4.90 Å². The van der Waals surface area contributed by atoms with E-state index in [1.54, 1.807) is 7.05 Å². The van der Waals surface area contributed by atoms with Crippen LogP contribution in [0.2, 0.25) is 5.02 Å². The van der Waals surface area contributed by atoms with Crippen LogP contribution in [0.4, 0.5) is 5.69 Å². The summed E-state index contributed by atoms with van der Waals surface area (Å²) >= 11 is 6.04. The van der Waals surface area contributed by atoms with Crippen molar-refractivity contribution < 1.29 is 12.8 Å². The van der Waals surface area contributed by atoms with Crippen molar-refractivity contribution in [2.75, 3.05) is 31.1 Å². The Labute approximate surface area is 161 Å². The number of aryl methyl sites for hydroxylation is 1. The van der Waals surface area contributed by atoms with Crippen LogP contribution in [0, 0.1) is 0 Å². The Morgan fingerprint density at radius 1 is 1.04 bits per heavy atom. The highest BCUT2D eigenvalue weighted by Crippen LogP contribution is 2.25. The standard InChI is InChI=1S/C18H18ClN3O4S/c1-20-16-12-15(5-6-17(16)26-18(20)23)27(24,25)22-9-7-21(8-10-22)14-4-2-3-13(19)11-14/h2-6,11-12H,7-10H2,1H3. The van der Waals surface area contributed by atoms with Crippen molar-refractivity contribution in [1.82, 2.24) is 8.87 Å². The van der Waals surface area contributed by atoms with Gasteiger partial charge in [-0.3, -0.25) is 4.57 Å². The summed E-state index contributed by atoms with van der Waals surface area (Å²) in [5.74, 6) is -0.519. The number of oxazole rings is 1. The lowest BCUT2D eigenvalue weighted by Crippen LogP contribution is -2.48. The van der Waals surface area contributed by atoms with E-state index in [1.165, 1.54) is 27.1 Å². The van der Waals surface area contributed by atoms with E-state index in [9.17, 15) is 13.2 Å². The first-order valence-electron chi connectivity index (χ1n) is 8.46. The van der Waals surface area contributed by atoms with Crippen LogP contribution in [-0.4, -0.2) is 43.5 Å². The fraction of sp³-hybridized carbons (Fsp3) is 0.278. The van der Waals surface area contributed by atoms with Crippen molar-refractivity contribution >= 4 is 38.4 Å². The number of piperazine rings is 1. The summed E-state index contributed by atoms with van der Waals surface area (Å²) < 4.78 is 33.9. The molecule has 0 aliphatic carbocycles. The molecular formula is C18H18ClN3O4S. The van der Waals surface area contributed by atoms with Gasteiger partial charge in [0.2, 0.25) is 10.0 Å². The molecule has 1 aromatic heterocycles. The zero-order valence-corrected chi connectivity index (χ0v) is 16.2.